The fourth-order valence-corrected chi connectivity index (χ4v) is 1.91. The van der Waals surface area contributed by atoms with Crippen LogP contribution in [0.3, 0.4) is 0 Å². The minimum Gasteiger partial charge on any atom is -0.447 e. The summed E-state index contributed by atoms with van der Waals surface area (Å²) in [5.41, 5.74) is 2.28. The fourth-order valence-electron chi connectivity index (χ4n) is 1.28. The van der Waals surface area contributed by atoms with Crippen LogP contribution in [0.25, 0.3) is 0 Å². The summed E-state index contributed by atoms with van der Waals surface area (Å²) in [6.07, 6.45) is 3.14. The SMILES string of the molecule is Cc1ccc(NCc2cnco2)c(Br)c1. The Morgan fingerprint density at radius 3 is 3.00 bits per heavy atom. The van der Waals surface area contributed by atoms with Crippen molar-refractivity contribution in [3.8, 4) is 0 Å². The average Bonchev–Trinajstić information content (AvgIpc) is 2.69. The molecule has 0 unspecified atom stereocenters. The average molecular weight is 267 g/mol. The molecule has 0 aliphatic heterocycles. The van der Waals surface area contributed by atoms with Crippen molar-refractivity contribution in [2.45, 2.75) is 13.5 Å². The number of anilines is 1. The number of benzene rings is 1. The summed E-state index contributed by atoms with van der Waals surface area (Å²) >= 11 is 3.50. The van der Waals surface area contributed by atoms with E-state index in [4.69, 9.17) is 4.42 Å². The van der Waals surface area contributed by atoms with Crippen LogP contribution in [0.5, 0.6) is 0 Å². The Morgan fingerprint density at radius 2 is 2.33 bits per heavy atom. The van der Waals surface area contributed by atoms with Gasteiger partial charge in [-0.05, 0) is 40.5 Å². The van der Waals surface area contributed by atoms with Gasteiger partial charge >= 0.3 is 0 Å². The molecule has 0 saturated heterocycles. The van der Waals surface area contributed by atoms with E-state index in [0.717, 1.165) is 15.9 Å². The van der Waals surface area contributed by atoms with Gasteiger partial charge in [-0.2, -0.15) is 0 Å². The lowest BCUT2D eigenvalue weighted by molar-refractivity contribution is 0.511. The number of rotatable bonds is 3. The zero-order chi connectivity index (χ0) is 10.7. The van der Waals surface area contributed by atoms with Gasteiger partial charge in [-0.15, -0.1) is 0 Å². The molecule has 2 aromatic rings. The Morgan fingerprint density at radius 1 is 1.47 bits per heavy atom. The predicted molar refractivity (Wildman–Crippen MR) is 62.7 cm³/mol. The van der Waals surface area contributed by atoms with Crippen molar-refractivity contribution in [1.82, 2.24) is 4.98 Å². The summed E-state index contributed by atoms with van der Waals surface area (Å²) < 4.78 is 6.19. The Balaban J connectivity index is 2.05. The molecule has 0 atom stereocenters. The van der Waals surface area contributed by atoms with Crippen molar-refractivity contribution in [1.29, 1.82) is 0 Å². The normalized spacial score (nSPS) is 10.3. The van der Waals surface area contributed by atoms with Gasteiger partial charge in [0.25, 0.3) is 0 Å². The number of hydrogen-bond donors (Lipinski definition) is 1. The lowest BCUT2D eigenvalue weighted by Gasteiger charge is -2.07. The summed E-state index contributed by atoms with van der Waals surface area (Å²) in [6, 6.07) is 6.17. The highest BCUT2D eigenvalue weighted by Crippen LogP contribution is 2.23. The van der Waals surface area contributed by atoms with E-state index in [1.807, 2.05) is 6.07 Å². The third kappa shape index (κ3) is 2.59. The smallest absolute Gasteiger partial charge is 0.180 e. The maximum atomic E-state index is 5.13. The van der Waals surface area contributed by atoms with Gasteiger partial charge in [0.15, 0.2) is 6.39 Å². The quantitative estimate of drug-likeness (QED) is 0.926. The van der Waals surface area contributed by atoms with Crippen LogP contribution in [0.4, 0.5) is 5.69 Å². The summed E-state index contributed by atoms with van der Waals surface area (Å²) in [4.78, 5) is 3.85. The molecule has 0 amide bonds. The first kappa shape index (κ1) is 10.2. The molecule has 0 bridgehead atoms. The van der Waals surface area contributed by atoms with E-state index in [1.165, 1.54) is 12.0 Å². The second-order valence-electron chi connectivity index (χ2n) is 3.30. The van der Waals surface area contributed by atoms with Crippen molar-refractivity contribution in [3.63, 3.8) is 0 Å². The van der Waals surface area contributed by atoms with Crippen molar-refractivity contribution in [2.24, 2.45) is 0 Å². The Bertz CT molecular complexity index is 440. The molecule has 1 heterocycles. The highest BCUT2D eigenvalue weighted by molar-refractivity contribution is 9.10. The standard InChI is InChI=1S/C11H11BrN2O/c1-8-2-3-11(10(12)4-8)14-6-9-5-13-7-15-9/h2-5,7,14H,6H2,1H3. The molecule has 3 nitrogen and oxygen atoms in total. The molecule has 0 radical (unpaired) electrons. The summed E-state index contributed by atoms with van der Waals surface area (Å²) in [5, 5.41) is 3.26. The third-order valence-electron chi connectivity index (χ3n) is 2.06. The van der Waals surface area contributed by atoms with Gasteiger partial charge in [0, 0.05) is 10.2 Å². The van der Waals surface area contributed by atoms with E-state index in [9.17, 15) is 0 Å². The second kappa shape index (κ2) is 4.49. The van der Waals surface area contributed by atoms with Crippen LogP contribution < -0.4 is 5.32 Å². The van der Waals surface area contributed by atoms with Crippen LogP contribution in [0.2, 0.25) is 0 Å². The lowest BCUT2D eigenvalue weighted by atomic mass is 10.2. The van der Waals surface area contributed by atoms with Gasteiger partial charge in [0.1, 0.15) is 5.76 Å². The zero-order valence-corrected chi connectivity index (χ0v) is 9.91. The van der Waals surface area contributed by atoms with Gasteiger partial charge in [-0.25, -0.2) is 4.98 Å². The van der Waals surface area contributed by atoms with Crippen LogP contribution in [0, 0.1) is 6.92 Å². The summed E-state index contributed by atoms with van der Waals surface area (Å²) in [5.74, 6) is 0.822. The third-order valence-corrected chi connectivity index (χ3v) is 2.72. The second-order valence-corrected chi connectivity index (χ2v) is 4.16. The van der Waals surface area contributed by atoms with Gasteiger partial charge in [-0.1, -0.05) is 6.07 Å². The summed E-state index contributed by atoms with van der Waals surface area (Å²) in [7, 11) is 0. The van der Waals surface area contributed by atoms with E-state index in [-0.39, 0.29) is 0 Å². The first-order valence-electron chi connectivity index (χ1n) is 4.63. The first-order chi connectivity index (χ1) is 7.25. The minimum absolute atomic E-state index is 0.641. The van der Waals surface area contributed by atoms with Gasteiger partial charge in [-0.3, -0.25) is 0 Å². The van der Waals surface area contributed by atoms with Crippen molar-refractivity contribution in [3.05, 3.63) is 46.6 Å². The lowest BCUT2D eigenvalue weighted by Crippen LogP contribution is -1.98. The number of aryl methyl sites for hydroxylation is 1. The molecule has 1 aromatic carbocycles. The highest BCUT2D eigenvalue weighted by atomic mass is 79.9. The van der Waals surface area contributed by atoms with E-state index in [2.05, 4.69) is 45.3 Å². The van der Waals surface area contributed by atoms with Crippen LogP contribution in [0.1, 0.15) is 11.3 Å². The van der Waals surface area contributed by atoms with E-state index in [0.29, 0.717) is 6.54 Å². The first-order valence-corrected chi connectivity index (χ1v) is 5.42. The number of aromatic nitrogens is 1. The van der Waals surface area contributed by atoms with Crippen molar-refractivity contribution < 1.29 is 4.42 Å². The monoisotopic (exact) mass is 266 g/mol. The van der Waals surface area contributed by atoms with Crippen LogP contribution in [-0.4, -0.2) is 4.98 Å². The minimum atomic E-state index is 0.641. The Hall–Kier alpha value is -1.29. The molecule has 0 aliphatic rings. The zero-order valence-electron chi connectivity index (χ0n) is 8.33. The number of oxazole rings is 1. The molecule has 15 heavy (non-hydrogen) atoms. The molecule has 0 fully saturated rings. The van der Waals surface area contributed by atoms with Crippen LogP contribution in [0.15, 0.2) is 39.7 Å². The molecule has 0 saturated carbocycles. The Kier molecular flexibility index (Phi) is 3.06. The van der Waals surface area contributed by atoms with Gasteiger partial charge < -0.3 is 9.73 Å². The van der Waals surface area contributed by atoms with Crippen molar-refractivity contribution >= 4 is 21.6 Å². The van der Waals surface area contributed by atoms with E-state index < -0.39 is 0 Å². The largest absolute Gasteiger partial charge is 0.447 e. The molecule has 2 rings (SSSR count). The van der Waals surface area contributed by atoms with Crippen LogP contribution in [-0.2, 0) is 6.54 Å². The van der Waals surface area contributed by atoms with Gasteiger partial charge in [0.2, 0.25) is 0 Å². The highest BCUT2D eigenvalue weighted by Gasteiger charge is 2.00. The number of nitrogens with one attached hydrogen (secondary N) is 1. The molecule has 78 valence electrons. The number of nitrogens with zero attached hydrogens (tertiary/aromatic N) is 1. The maximum Gasteiger partial charge on any atom is 0.180 e. The van der Waals surface area contributed by atoms with E-state index in [1.54, 1.807) is 6.20 Å². The number of hydrogen-bond acceptors (Lipinski definition) is 3. The molecule has 0 spiro atoms. The molecule has 4 heteroatoms. The molecular formula is C11H11BrN2O. The topological polar surface area (TPSA) is 38.1 Å². The molecular weight excluding hydrogens is 256 g/mol. The van der Waals surface area contributed by atoms with E-state index >= 15 is 0 Å². The van der Waals surface area contributed by atoms with Crippen molar-refractivity contribution in [2.75, 3.05) is 5.32 Å². The maximum absolute atomic E-state index is 5.13. The van der Waals surface area contributed by atoms with Gasteiger partial charge in [0.05, 0.1) is 12.7 Å². The fraction of sp³-hybridized carbons (Fsp3) is 0.182. The molecule has 1 N–H and O–H groups in total. The number of halogens is 1. The predicted octanol–water partition coefficient (Wildman–Crippen LogP) is 3.36. The summed E-state index contributed by atoms with van der Waals surface area (Å²) in [6.45, 7) is 2.70. The molecule has 0 aliphatic carbocycles. The Labute approximate surface area is 96.6 Å². The molecule has 1 aromatic heterocycles. The van der Waals surface area contributed by atoms with Crippen LogP contribution >= 0.6 is 15.9 Å².